The summed E-state index contributed by atoms with van der Waals surface area (Å²) in [6.45, 7) is 2.76. The lowest BCUT2D eigenvalue weighted by Crippen LogP contribution is -2.40. The molecule has 0 saturated carbocycles. The minimum absolute atomic E-state index is 0.0477. The van der Waals surface area contributed by atoms with E-state index in [1.807, 2.05) is 6.07 Å². The molecule has 3 rings (SSSR count). The molecule has 0 fully saturated rings. The van der Waals surface area contributed by atoms with E-state index in [-0.39, 0.29) is 11.7 Å². The molecule has 23 heavy (non-hydrogen) atoms. The van der Waals surface area contributed by atoms with Crippen LogP contribution < -0.4 is 5.32 Å². The summed E-state index contributed by atoms with van der Waals surface area (Å²) in [5.41, 5.74) is 3.73. The molecule has 0 saturated heterocycles. The van der Waals surface area contributed by atoms with Crippen molar-refractivity contribution >= 4 is 5.91 Å². The summed E-state index contributed by atoms with van der Waals surface area (Å²) >= 11 is 0. The molecule has 1 aliphatic rings. The molecule has 0 atom stereocenters. The molecule has 120 valence electrons. The molecule has 1 N–H and O–H groups in total. The zero-order valence-corrected chi connectivity index (χ0v) is 13.1. The Hall–Kier alpha value is -2.20. The third kappa shape index (κ3) is 4.39. The average molecular weight is 312 g/mol. The maximum atomic E-state index is 12.8. The smallest absolute Gasteiger partial charge is 0.234 e. The molecule has 2 aromatic carbocycles. The standard InChI is InChI=1S/C19H21FN2O/c20-18-7-5-15(6-8-18)9-11-21-19(23)14-22-12-10-16-3-1-2-4-17(16)13-22/h1-8H,9-14H2,(H,21,23). The van der Waals surface area contributed by atoms with E-state index in [0.29, 0.717) is 13.1 Å². The highest BCUT2D eigenvalue weighted by molar-refractivity contribution is 5.78. The number of rotatable bonds is 5. The van der Waals surface area contributed by atoms with Gasteiger partial charge in [0.05, 0.1) is 6.54 Å². The Bertz CT molecular complexity index is 669. The van der Waals surface area contributed by atoms with E-state index < -0.39 is 0 Å². The molecular formula is C19H21FN2O. The molecule has 0 aliphatic carbocycles. The fourth-order valence-electron chi connectivity index (χ4n) is 2.95. The van der Waals surface area contributed by atoms with Gasteiger partial charge in [0.2, 0.25) is 5.91 Å². The number of amides is 1. The zero-order valence-electron chi connectivity index (χ0n) is 13.1. The summed E-state index contributed by atoms with van der Waals surface area (Å²) in [5, 5.41) is 2.94. The molecule has 3 nitrogen and oxygen atoms in total. The van der Waals surface area contributed by atoms with Gasteiger partial charge in [0.25, 0.3) is 0 Å². The number of carbonyl (C=O) groups is 1. The number of nitrogens with one attached hydrogen (secondary N) is 1. The maximum Gasteiger partial charge on any atom is 0.234 e. The van der Waals surface area contributed by atoms with Crippen LogP contribution in [0.4, 0.5) is 4.39 Å². The monoisotopic (exact) mass is 312 g/mol. The molecule has 0 radical (unpaired) electrons. The van der Waals surface area contributed by atoms with E-state index in [0.717, 1.165) is 31.5 Å². The highest BCUT2D eigenvalue weighted by Crippen LogP contribution is 2.17. The Kier molecular flexibility index (Phi) is 5.03. The minimum atomic E-state index is -0.233. The quantitative estimate of drug-likeness (QED) is 0.920. The SMILES string of the molecule is O=C(CN1CCc2ccccc2C1)NCCc1ccc(F)cc1. The van der Waals surface area contributed by atoms with Gasteiger partial charge in [-0.2, -0.15) is 0 Å². The molecule has 4 heteroatoms. The van der Waals surface area contributed by atoms with Crippen molar-refractivity contribution in [1.82, 2.24) is 10.2 Å². The van der Waals surface area contributed by atoms with Crippen LogP contribution in [0.25, 0.3) is 0 Å². The second-order valence-electron chi connectivity index (χ2n) is 5.96. The van der Waals surface area contributed by atoms with Crippen LogP contribution in [0, 0.1) is 5.82 Å². The van der Waals surface area contributed by atoms with Crippen molar-refractivity contribution in [2.45, 2.75) is 19.4 Å². The molecule has 0 unspecified atom stereocenters. The lowest BCUT2D eigenvalue weighted by Gasteiger charge is -2.28. The van der Waals surface area contributed by atoms with Crippen molar-refractivity contribution in [2.75, 3.05) is 19.6 Å². The van der Waals surface area contributed by atoms with Crippen LogP contribution in [0.1, 0.15) is 16.7 Å². The summed E-state index contributed by atoms with van der Waals surface area (Å²) in [5.74, 6) is -0.186. The first-order valence-corrected chi connectivity index (χ1v) is 8.01. The van der Waals surface area contributed by atoms with Crippen molar-refractivity contribution in [2.24, 2.45) is 0 Å². The van der Waals surface area contributed by atoms with Crippen molar-refractivity contribution < 1.29 is 9.18 Å². The minimum Gasteiger partial charge on any atom is -0.355 e. The van der Waals surface area contributed by atoms with E-state index in [4.69, 9.17) is 0 Å². The van der Waals surface area contributed by atoms with Gasteiger partial charge in [-0.1, -0.05) is 36.4 Å². The van der Waals surface area contributed by atoms with E-state index in [9.17, 15) is 9.18 Å². The van der Waals surface area contributed by atoms with Crippen LogP contribution in [0.2, 0.25) is 0 Å². The molecule has 0 spiro atoms. The summed E-state index contributed by atoms with van der Waals surface area (Å²) in [6.07, 6.45) is 1.72. The third-order valence-electron chi connectivity index (χ3n) is 4.23. The number of benzene rings is 2. The fourth-order valence-corrected chi connectivity index (χ4v) is 2.95. The molecule has 1 aliphatic heterocycles. The van der Waals surface area contributed by atoms with Gasteiger partial charge in [0.1, 0.15) is 5.82 Å². The van der Waals surface area contributed by atoms with Gasteiger partial charge in [-0.3, -0.25) is 9.69 Å². The van der Waals surface area contributed by atoms with Crippen molar-refractivity contribution in [3.8, 4) is 0 Å². The second-order valence-corrected chi connectivity index (χ2v) is 5.96. The van der Waals surface area contributed by atoms with Crippen LogP contribution in [-0.2, 0) is 24.2 Å². The van der Waals surface area contributed by atoms with Gasteiger partial charge in [0, 0.05) is 19.6 Å². The molecule has 1 amide bonds. The Morgan fingerprint density at radius 2 is 1.83 bits per heavy atom. The molecule has 2 aromatic rings. The Balaban J connectivity index is 1.42. The Labute approximate surface area is 136 Å². The molecular weight excluding hydrogens is 291 g/mol. The molecule has 1 heterocycles. The number of carbonyl (C=O) groups excluding carboxylic acids is 1. The summed E-state index contributed by atoms with van der Waals surface area (Å²) in [7, 11) is 0. The van der Waals surface area contributed by atoms with Crippen LogP contribution in [0.3, 0.4) is 0 Å². The first-order chi connectivity index (χ1) is 11.2. The summed E-state index contributed by atoms with van der Waals surface area (Å²) in [6, 6.07) is 14.8. The predicted molar refractivity (Wildman–Crippen MR) is 88.5 cm³/mol. The number of hydrogen-bond acceptors (Lipinski definition) is 2. The lowest BCUT2D eigenvalue weighted by molar-refractivity contribution is -0.122. The topological polar surface area (TPSA) is 32.3 Å². The number of hydrogen-bond donors (Lipinski definition) is 1. The van der Waals surface area contributed by atoms with Gasteiger partial charge in [-0.15, -0.1) is 0 Å². The van der Waals surface area contributed by atoms with E-state index >= 15 is 0 Å². The predicted octanol–water partition coefficient (Wildman–Crippen LogP) is 2.54. The van der Waals surface area contributed by atoms with Crippen LogP contribution >= 0.6 is 0 Å². The van der Waals surface area contributed by atoms with Gasteiger partial charge < -0.3 is 5.32 Å². The number of halogens is 1. The van der Waals surface area contributed by atoms with Gasteiger partial charge in [-0.05, 0) is 41.7 Å². The highest BCUT2D eigenvalue weighted by Gasteiger charge is 2.17. The third-order valence-corrected chi connectivity index (χ3v) is 4.23. The van der Waals surface area contributed by atoms with Crippen LogP contribution in [-0.4, -0.2) is 30.4 Å². The van der Waals surface area contributed by atoms with Crippen LogP contribution in [0.5, 0.6) is 0 Å². The van der Waals surface area contributed by atoms with Gasteiger partial charge >= 0.3 is 0 Å². The first-order valence-electron chi connectivity index (χ1n) is 8.01. The van der Waals surface area contributed by atoms with Crippen molar-refractivity contribution in [3.63, 3.8) is 0 Å². The number of nitrogens with zero attached hydrogens (tertiary/aromatic N) is 1. The highest BCUT2D eigenvalue weighted by atomic mass is 19.1. The lowest BCUT2D eigenvalue weighted by atomic mass is 10.00. The second kappa shape index (κ2) is 7.38. The van der Waals surface area contributed by atoms with E-state index in [1.165, 1.54) is 23.3 Å². The first kappa shape index (κ1) is 15.7. The number of fused-ring (bicyclic) bond motifs is 1. The largest absolute Gasteiger partial charge is 0.355 e. The fraction of sp³-hybridized carbons (Fsp3) is 0.316. The summed E-state index contributed by atoms with van der Waals surface area (Å²) in [4.78, 5) is 14.2. The van der Waals surface area contributed by atoms with Crippen molar-refractivity contribution in [3.05, 3.63) is 71.0 Å². The Morgan fingerprint density at radius 1 is 1.09 bits per heavy atom. The van der Waals surface area contributed by atoms with Gasteiger partial charge in [-0.25, -0.2) is 4.39 Å². The van der Waals surface area contributed by atoms with Crippen LogP contribution in [0.15, 0.2) is 48.5 Å². The molecule has 0 aromatic heterocycles. The Morgan fingerprint density at radius 3 is 2.61 bits per heavy atom. The van der Waals surface area contributed by atoms with E-state index in [2.05, 4.69) is 28.4 Å². The normalized spacial score (nSPS) is 14.3. The van der Waals surface area contributed by atoms with Gasteiger partial charge in [0.15, 0.2) is 0 Å². The van der Waals surface area contributed by atoms with E-state index in [1.54, 1.807) is 12.1 Å². The van der Waals surface area contributed by atoms with Crippen molar-refractivity contribution in [1.29, 1.82) is 0 Å². The average Bonchev–Trinajstić information content (AvgIpc) is 2.56. The maximum absolute atomic E-state index is 12.8. The zero-order chi connectivity index (χ0) is 16.1. The summed E-state index contributed by atoms with van der Waals surface area (Å²) < 4.78 is 12.8. The molecule has 0 bridgehead atoms.